The van der Waals surface area contributed by atoms with E-state index in [9.17, 15) is 0 Å². The predicted octanol–water partition coefficient (Wildman–Crippen LogP) is 4.05. The van der Waals surface area contributed by atoms with Gasteiger partial charge in [0.25, 0.3) is 0 Å². The Morgan fingerprint density at radius 1 is 1.18 bits per heavy atom. The van der Waals surface area contributed by atoms with E-state index in [0.29, 0.717) is 12.0 Å². The van der Waals surface area contributed by atoms with E-state index in [0.717, 1.165) is 13.0 Å². The van der Waals surface area contributed by atoms with E-state index in [1.165, 1.54) is 22.4 Å². The molecule has 0 N–H and O–H groups in total. The number of benzene rings is 1. The second-order valence-electron chi connectivity index (χ2n) is 5.56. The van der Waals surface area contributed by atoms with Gasteiger partial charge in [-0.15, -0.1) is 0 Å². The number of rotatable bonds is 2. The first-order chi connectivity index (χ1) is 8.00. The van der Waals surface area contributed by atoms with E-state index in [-0.39, 0.29) is 0 Å². The molecule has 0 fully saturated rings. The summed E-state index contributed by atoms with van der Waals surface area (Å²) in [5.74, 6) is 0.608. The first-order valence-corrected chi connectivity index (χ1v) is 6.59. The van der Waals surface area contributed by atoms with Crippen molar-refractivity contribution in [1.29, 1.82) is 0 Å². The summed E-state index contributed by atoms with van der Waals surface area (Å²) in [6, 6.07) is 7.41. The van der Waals surface area contributed by atoms with Crippen LogP contribution in [0.5, 0.6) is 0 Å². The van der Waals surface area contributed by atoms with Gasteiger partial charge in [-0.3, -0.25) is 0 Å². The lowest BCUT2D eigenvalue weighted by Crippen LogP contribution is -2.34. The maximum atomic E-state index is 4.26. The van der Waals surface area contributed by atoms with E-state index in [1.54, 1.807) is 0 Å². The molecule has 1 aliphatic rings. The van der Waals surface area contributed by atoms with Crippen molar-refractivity contribution in [1.82, 2.24) is 4.90 Å². The molecule has 17 heavy (non-hydrogen) atoms. The monoisotopic (exact) mass is 229 g/mol. The highest BCUT2D eigenvalue weighted by molar-refractivity contribution is 5.67. The molecule has 1 aliphatic heterocycles. The summed E-state index contributed by atoms with van der Waals surface area (Å²) < 4.78 is 0. The molecular weight excluding hydrogens is 206 g/mol. The molecule has 0 aromatic heterocycles. The van der Waals surface area contributed by atoms with Gasteiger partial charge in [0.15, 0.2) is 0 Å². The maximum Gasteiger partial charge on any atom is 0.0372 e. The van der Waals surface area contributed by atoms with Gasteiger partial charge in [-0.2, -0.15) is 0 Å². The second kappa shape index (κ2) is 4.56. The molecule has 0 saturated carbocycles. The second-order valence-corrected chi connectivity index (χ2v) is 5.56. The van der Waals surface area contributed by atoms with E-state index in [1.807, 2.05) is 0 Å². The molecule has 1 heteroatoms. The fourth-order valence-electron chi connectivity index (χ4n) is 2.56. The first kappa shape index (κ1) is 12.2. The largest absolute Gasteiger partial charge is 0.369 e. The number of nitrogens with zero attached hydrogens (tertiary/aromatic N) is 1. The van der Waals surface area contributed by atoms with Crippen molar-refractivity contribution in [2.75, 3.05) is 6.54 Å². The Kier molecular flexibility index (Phi) is 3.28. The molecule has 1 nitrogen and oxygen atoms in total. The highest BCUT2D eigenvalue weighted by Crippen LogP contribution is 2.31. The van der Waals surface area contributed by atoms with Crippen LogP contribution in [-0.2, 0) is 6.42 Å². The van der Waals surface area contributed by atoms with Crippen molar-refractivity contribution in [3.63, 3.8) is 0 Å². The Morgan fingerprint density at radius 2 is 1.88 bits per heavy atom. The minimum atomic E-state index is 0.542. The van der Waals surface area contributed by atoms with Crippen molar-refractivity contribution < 1.29 is 0 Å². The van der Waals surface area contributed by atoms with Crippen LogP contribution in [-0.4, -0.2) is 17.5 Å². The summed E-state index contributed by atoms with van der Waals surface area (Å²) in [6.45, 7) is 14.3. The summed E-state index contributed by atoms with van der Waals surface area (Å²) in [5, 5.41) is 0. The van der Waals surface area contributed by atoms with Crippen LogP contribution in [0.2, 0.25) is 0 Å². The van der Waals surface area contributed by atoms with Gasteiger partial charge in [0.2, 0.25) is 0 Å². The van der Waals surface area contributed by atoms with Crippen LogP contribution in [0.15, 0.2) is 24.8 Å². The minimum absolute atomic E-state index is 0.542. The summed E-state index contributed by atoms with van der Waals surface area (Å²) in [5.41, 5.74) is 5.44. The third kappa shape index (κ3) is 2.24. The van der Waals surface area contributed by atoms with Crippen LogP contribution < -0.4 is 0 Å². The Morgan fingerprint density at radius 3 is 2.47 bits per heavy atom. The Bertz CT molecular complexity index is 429. The molecule has 2 rings (SSSR count). The van der Waals surface area contributed by atoms with Crippen LogP contribution in [0.1, 0.15) is 50.3 Å². The Hall–Kier alpha value is -1.24. The van der Waals surface area contributed by atoms with Crippen molar-refractivity contribution in [2.45, 2.75) is 46.1 Å². The predicted molar refractivity (Wildman–Crippen MR) is 75.1 cm³/mol. The summed E-state index contributed by atoms with van der Waals surface area (Å²) in [4.78, 5) is 2.40. The topological polar surface area (TPSA) is 3.24 Å². The van der Waals surface area contributed by atoms with Crippen molar-refractivity contribution in [2.24, 2.45) is 0 Å². The van der Waals surface area contributed by atoms with Crippen molar-refractivity contribution in [3.8, 4) is 0 Å². The summed E-state index contributed by atoms with van der Waals surface area (Å²) >= 11 is 0. The lowest BCUT2D eigenvalue weighted by Gasteiger charge is -2.36. The summed E-state index contributed by atoms with van der Waals surface area (Å²) in [7, 11) is 0. The first-order valence-electron chi connectivity index (χ1n) is 6.59. The zero-order valence-corrected chi connectivity index (χ0v) is 11.5. The van der Waals surface area contributed by atoms with Gasteiger partial charge >= 0.3 is 0 Å². The fourth-order valence-corrected chi connectivity index (χ4v) is 2.56. The third-order valence-corrected chi connectivity index (χ3v) is 3.70. The lowest BCUT2D eigenvalue weighted by atomic mass is 9.91. The molecule has 0 atom stereocenters. The third-order valence-electron chi connectivity index (χ3n) is 3.70. The smallest absolute Gasteiger partial charge is 0.0372 e. The highest BCUT2D eigenvalue weighted by Gasteiger charge is 2.21. The molecule has 92 valence electrons. The van der Waals surface area contributed by atoms with Crippen LogP contribution in [0.4, 0.5) is 0 Å². The standard InChI is InChI=1S/C16H23N/c1-11(2)14-6-7-16-13(5)17(12(3)4)9-8-15(16)10-14/h6-7,10-12H,5,8-9H2,1-4H3. The average molecular weight is 229 g/mol. The van der Waals surface area contributed by atoms with E-state index >= 15 is 0 Å². The van der Waals surface area contributed by atoms with Gasteiger partial charge < -0.3 is 4.90 Å². The normalized spacial score (nSPS) is 15.6. The molecule has 0 spiro atoms. The van der Waals surface area contributed by atoms with Gasteiger partial charge in [-0.05, 0) is 37.3 Å². The zero-order chi connectivity index (χ0) is 12.6. The Labute approximate surface area is 105 Å². The molecule has 0 unspecified atom stereocenters. The molecule has 0 radical (unpaired) electrons. The van der Waals surface area contributed by atoms with Gasteiger partial charge in [0.1, 0.15) is 0 Å². The average Bonchev–Trinajstić information content (AvgIpc) is 2.28. The molecule has 0 saturated heterocycles. The van der Waals surface area contributed by atoms with Gasteiger partial charge in [-0.25, -0.2) is 0 Å². The van der Waals surface area contributed by atoms with Crippen LogP contribution >= 0.6 is 0 Å². The molecule has 1 aromatic rings. The molecular formula is C16H23N. The van der Waals surface area contributed by atoms with Gasteiger partial charge in [0, 0.05) is 23.8 Å². The van der Waals surface area contributed by atoms with Crippen LogP contribution in [0.25, 0.3) is 5.70 Å². The molecule has 1 aromatic carbocycles. The lowest BCUT2D eigenvalue weighted by molar-refractivity contribution is 0.326. The van der Waals surface area contributed by atoms with Gasteiger partial charge in [0.05, 0.1) is 0 Å². The molecule has 1 heterocycles. The SMILES string of the molecule is C=C1c2ccc(C(C)C)cc2CCN1C(C)C. The van der Waals surface area contributed by atoms with E-state index in [2.05, 4.69) is 57.4 Å². The van der Waals surface area contributed by atoms with Crippen molar-refractivity contribution >= 4 is 5.70 Å². The minimum Gasteiger partial charge on any atom is -0.369 e. The van der Waals surface area contributed by atoms with Crippen LogP contribution in [0.3, 0.4) is 0 Å². The maximum absolute atomic E-state index is 4.26. The molecule has 0 amide bonds. The summed E-state index contributed by atoms with van der Waals surface area (Å²) in [6.07, 6.45) is 1.15. The van der Waals surface area contributed by atoms with Gasteiger partial charge in [-0.1, -0.05) is 38.6 Å². The number of fused-ring (bicyclic) bond motifs is 1. The molecule has 0 aliphatic carbocycles. The molecule has 0 bridgehead atoms. The Balaban J connectivity index is 2.36. The van der Waals surface area contributed by atoms with Crippen LogP contribution in [0, 0.1) is 0 Å². The quantitative estimate of drug-likeness (QED) is 0.739. The number of hydrogen-bond donors (Lipinski definition) is 0. The van der Waals surface area contributed by atoms with Crippen molar-refractivity contribution in [3.05, 3.63) is 41.5 Å². The fraction of sp³-hybridized carbons (Fsp3) is 0.500. The van der Waals surface area contributed by atoms with E-state index < -0.39 is 0 Å². The highest BCUT2D eigenvalue weighted by atomic mass is 15.2. The van der Waals surface area contributed by atoms with E-state index in [4.69, 9.17) is 0 Å². The number of hydrogen-bond acceptors (Lipinski definition) is 1. The zero-order valence-electron chi connectivity index (χ0n) is 11.5.